The molecule has 1 aliphatic carbocycles. The molecule has 1 saturated carbocycles. The molecule has 0 aromatic carbocycles. The van der Waals surface area contributed by atoms with Crippen LogP contribution in [0.25, 0.3) is 0 Å². The van der Waals surface area contributed by atoms with Gasteiger partial charge >= 0.3 is 0 Å². The van der Waals surface area contributed by atoms with Crippen LogP contribution in [-0.4, -0.2) is 27.4 Å². The maximum atomic E-state index is 4.39. The molecule has 0 radical (unpaired) electrons. The Morgan fingerprint density at radius 2 is 2.22 bits per heavy atom. The first-order valence-corrected chi connectivity index (χ1v) is 7.34. The monoisotopic (exact) mass is 250 g/mol. The van der Waals surface area contributed by atoms with Crippen LogP contribution >= 0.6 is 0 Å². The molecule has 4 heteroatoms. The summed E-state index contributed by atoms with van der Waals surface area (Å²) in [5.41, 5.74) is 0. The Morgan fingerprint density at radius 1 is 1.44 bits per heavy atom. The van der Waals surface area contributed by atoms with E-state index in [1.165, 1.54) is 25.7 Å². The summed E-state index contributed by atoms with van der Waals surface area (Å²) in [7, 11) is 0. The molecule has 1 heterocycles. The summed E-state index contributed by atoms with van der Waals surface area (Å²) in [4.78, 5) is 4.39. The van der Waals surface area contributed by atoms with Gasteiger partial charge in [0.05, 0.1) is 0 Å². The van der Waals surface area contributed by atoms with Crippen molar-refractivity contribution >= 4 is 0 Å². The molecule has 1 aliphatic rings. The molecule has 102 valence electrons. The van der Waals surface area contributed by atoms with Crippen LogP contribution in [0.15, 0.2) is 6.33 Å². The van der Waals surface area contributed by atoms with Crippen LogP contribution in [0.4, 0.5) is 0 Å². The second-order valence-electron chi connectivity index (χ2n) is 5.65. The van der Waals surface area contributed by atoms with E-state index in [1.807, 2.05) is 4.68 Å². The van der Waals surface area contributed by atoms with E-state index in [-0.39, 0.29) is 0 Å². The molecule has 1 unspecified atom stereocenters. The van der Waals surface area contributed by atoms with Gasteiger partial charge in [-0.05, 0) is 52.0 Å². The van der Waals surface area contributed by atoms with Crippen molar-refractivity contribution in [2.45, 2.75) is 65.0 Å². The van der Waals surface area contributed by atoms with Gasteiger partial charge in [0, 0.05) is 18.5 Å². The maximum absolute atomic E-state index is 4.39. The highest BCUT2D eigenvalue weighted by atomic mass is 15.3. The van der Waals surface area contributed by atoms with Crippen molar-refractivity contribution in [3.05, 3.63) is 12.2 Å². The molecule has 1 atom stereocenters. The number of rotatable bonds is 8. The predicted octanol–water partition coefficient (Wildman–Crippen LogP) is 2.57. The Morgan fingerprint density at radius 3 is 2.83 bits per heavy atom. The van der Waals surface area contributed by atoms with Gasteiger partial charge in [0.1, 0.15) is 12.2 Å². The average Bonchev–Trinajstić information content (AvgIpc) is 3.07. The first-order valence-electron chi connectivity index (χ1n) is 7.34. The number of nitrogens with zero attached hydrogens (tertiary/aromatic N) is 3. The highest BCUT2D eigenvalue weighted by molar-refractivity contribution is 4.92. The largest absolute Gasteiger partial charge is 0.314 e. The van der Waals surface area contributed by atoms with Gasteiger partial charge < -0.3 is 5.32 Å². The Labute approximate surface area is 110 Å². The second-order valence-corrected chi connectivity index (χ2v) is 5.65. The highest BCUT2D eigenvalue weighted by Crippen LogP contribution is 2.34. The van der Waals surface area contributed by atoms with Crippen LogP contribution in [0.2, 0.25) is 0 Å². The number of hydrogen-bond donors (Lipinski definition) is 1. The zero-order valence-corrected chi connectivity index (χ0v) is 11.9. The molecule has 2 rings (SSSR count). The van der Waals surface area contributed by atoms with Crippen LogP contribution in [0.5, 0.6) is 0 Å². The summed E-state index contributed by atoms with van der Waals surface area (Å²) < 4.78 is 2.05. The molecule has 1 aromatic heterocycles. The number of nitrogens with one attached hydrogen (secondary N) is 1. The van der Waals surface area contributed by atoms with Gasteiger partial charge in [0.25, 0.3) is 0 Å². The molecular weight excluding hydrogens is 224 g/mol. The minimum atomic E-state index is 0.408. The lowest BCUT2D eigenvalue weighted by molar-refractivity contribution is 0.420. The van der Waals surface area contributed by atoms with E-state index in [4.69, 9.17) is 0 Å². The molecule has 0 saturated heterocycles. The molecule has 0 bridgehead atoms. The predicted molar refractivity (Wildman–Crippen MR) is 73.5 cm³/mol. The molecular formula is C14H26N4. The SMILES string of the molecule is CCCNC(CCc1ncnn1C(C)C)C1CC1. The molecule has 1 N–H and O–H groups in total. The van der Waals surface area contributed by atoms with Crippen LogP contribution in [-0.2, 0) is 6.42 Å². The quantitative estimate of drug-likeness (QED) is 0.771. The first kappa shape index (κ1) is 13.5. The summed E-state index contributed by atoms with van der Waals surface area (Å²) in [6.45, 7) is 7.68. The standard InChI is InChI=1S/C14H26N4/c1-4-9-15-13(12-5-6-12)7-8-14-16-10-17-18(14)11(2)3/h10-13,15H,4-9H2,1-3H3. The maximum Gasteiger partial charge on any atom is 0.138 e. The topological polar surface area (TPSA) is 42.7 Å². The smallest absolute Gasteiger partial charge is 0.138 e. The highest BCUT2D eigenvalue weighted by Gasteiger charge is 2.30. The zero-order valence-electron chi connectivity index (χ0n) is 11.9. The van der Waals surface area contributed by atoms with E-state index >= 15 is 0 Å². The third-order valence-corrected chi connectivity index (χ3v) is 3.66. The van der Waals surface area contributed by atoms with Crippen LogP contribution in [0.1, 0.15) is 58.3 Å². The first-order chi connectivity index (χ1) is 8.72. The summed E-state index contributed by atoms with van der Waals surface area (Å²) in [6.07, 6.45) is 7.93. The summed E-state index contributed by atoms with van der Waals surface area (Å²) >= 11 is 0. The van der Waals surface area contributed by atoms with Crippen molar-refractivity contribution in [2.24, 2.45) is 5.92 Å². The van der Waals surface area contributed by atoms with E-state index in [0.29, 0.717) is 12.1 Å². The van der Waals surface area contributed by atoms with Gasteiger partial charge in [0.15, 0.2) is 0 Å². The summed E-state index contributed by atoms with van der Waals surface area (Å²) in [5.74, 6) is 2.04. The lowest BCUT2D eigenvalue weighted by Crippen LogP contribution is -2.32. The van der Waals surface area contributed by atoms with E-state index in [2.05, 4.69) is 36.2 Å². The van der Waals surface area contributed by atoms with Crippen molar-refractivity contribution in [2.75, 3.05) is 6.54 Å². The normalized spacial score (nSPS) is 17.3. The van der Waals surface area contributed by atoms with Gasteiger partial charge in [-0.3, -0.25) is 0 Å². The van der Waals surface area contributed by atoms with Gasteiger partial charge in [-0.1, -0.05) is 6.92 Å². The van der Waals surface area contributed by atoms with Crippen LogP contribution in [0.3, 0.4) is 0 Å². The van der Waals surface area contributed by atoms with Gasteiger partial charge in [-0.25, -0.2) is 9.67 Å². The van der Waals surface area contributed by atoms with Gasteiger partial charge in [0.2, 0.25) is 0 Å². The van der Waals surface area contributed by atoms with Crippen molar-refractivity contribution in [1.82, 2.24) is 20.1 Å². The Balaban J connectivity index is 1.86. The molecule has 0 aliphatic heterocycles. The minimum absolute atomic E-state index is 0.408. The fourth-order valence-electron chi connectivity index (χ4n) is 2.50. The number of aryl methyl sites for hydroxylation is 1. The van der Waals surface area contributed by atoms with Gasteiger partial charge in [-0.15, -0.1) is 0 Å². The molecule has 18 heavy (non-hydrogen) atoms. The zero-order chi connectivity index (χ0) is 13.0. The fourth-order valence-corrected chi connectivity index (χ4v) is 2.50. The number of aromatic nitrogens is 3. The van der Waals surface area contributed by atoms with Crippen molar-refractivity contribution in [3.63, 3.8) is 0 Å². The fraction of sp³-hybridized carbons (Fsp3) is 0.857. The summed E-state index contributed by atoms with van der Waals surface area (Å²) in [6, 6.07) is 1.09. The van der Waals surface area contributed by atoms with Crippen molar-refractivity contribution in [3.8, 4) is 0 Å². The Hall–Kier alpha value is -0.900. The number of hydrogen-bond acceptors (Lipinski definition) is 3. The van der Waals surface area contributed by atoms with Crippen molar-refractivity contribution in [1.29, 1.82) is 0 Å². The van der Waals surface area contributed by atoms with E-state index < -0.39 is 0 Å². The average molecular weight is 250 g/mol. The Kier molecular flexibility index (Phi) is 4.75. The van der Waals surface area contributed by atoms with Crippen LogP contribution in [0, 0.1) is 5.92 Å². The van der Waals surface area contributed by atoms with Crippen molar-refractivity contribution < 1.29 is 0 Å². The van der Waals surface area contributed by atoms with E-state index in [1.54, 1.807) is 6.33 Å². The molecule has 0 amide bonds. The lowest BCUT2D eigenvalue weighted by atomic mass is 10.1. The van der Waals surface area contributed by atoms with E-state index in [9.17, 15) is 0 Å². The third-order valence-electron chi connectivity index (χ3n) is 3.66. The van der Waals surface area contributed by atoms with E-state index in [0.717, 1.165) is 24.7 Å². The lowest BCUT2D eigenvalue weighted by Gasteiger charge is -2.18. The third kappa shape index (κ3) is 3.55. The summed E-state index contributed by atoms with van der Waals surface area (Å²) in [5, 5.41) is 7.99. The molecule has 1 aromatic rings. The van der Waals surface area contributed by atoms with Crippen LogP contribution < -0.4 is 5.32 Å². The van der Waals surface area contributed by atoms with Gasteiger partial charge in [-0.2, -0.15) is 5.10 Å². The minimum Gasteiger partial charge on any atom is -0.314 e. The molecule has 4 nitrogen and oxygen atoms in total. The second kappa shape index (κ2) is 6.32. The molecule has 0 spiro atoms. The molecule has 1 fully saturated rings. The Bertz CT molecular complexity index is 354.